The van der Waals surface area contributed by atoms with Crippen LogP contribution in [0.2, 0.25) is 0 Å². The second kappa shape index (κ2) is 6.06. The maximum Gasteiger partial charge on any atom is 0.322 e. The quantitative estimate of drug-likeness (QED) is 0.317. The Bertz CT molecular complexity index is 973. The predicted molar refractivity (Wildman–Crippen MR) is 94.1 cm³/mol. The molecule has 1 heterocycles. The minimum Gasteiger partial charge on any atom is -0.497 e. The monoisotopic (exact) mass is 332 g/mol. The normalized spacial score (nSPS) is 16.2. The van der Waals surface area contributed by atoms with Gasteiger partial charge in [-0.3, -0.25) is 9.59 Å². The van der Waals surface area contributed by atoms with Crippen molar-refractivity contribution in [3.05, 3.63) is 71.8 Å². The number of Topliss-reactive ketones (excluding diaryl/α,β-unsaturated/α-hetero) is 1. The Morgan fingerprint density at radius 2 is 1.80 bits per heavy atom. The Hall–Kier alpha value is -3.14. The Kier molecular flexibility index (Phi) is 3.73. The van der Waals surface area contributed by atoms with Crippen LogP contribution in [0.1, 0.15) is 15.9 Å². The minimum atomic E-state index is -0.827. The summed E-state index contributed by atoms with van der Waals surface area (Å²) in [7, 11) is 1.57. The third kappa shape index (κ3) is 2.66. The third-order valence-electron chi connectivity index (χ3n) is 4.59. The van der Waals surface area contributed by atoms with Crippen molar-refractivity contribution in [2.24, 2.45) is 5.92 Å². The first-order chi connectivity index (χ1) is 12.2. The zero-order valence-corrected chi connectivity index (χ0v) is 13.7. The number of benzene rings is 3. The van der Waals surface area contributed by atoms with Gasteiger partial charge in [-0.25, -0.2) is 0 Å². The highest BCUT2D eigenvalue weighted by Gasteiger charge is 2.35. The van der Waals surface area contributed by atoms with Gasteiger partial charge in [-0.2, -0.15) is 0 Å². The van der Waals surface area contributed by atoms with Gasteiger partial charge in [0.2, 0.25) is 0 Å². The summed E-state index contributed by atoms with van der Waals surface area (Å²) in [6.45, 7) is 0. The first kappa shape index (κ1) is 15.4. The fourth-order valence-corrected chi connectivity index (χ4v) is 3.25. The van der Waals surface area contributed by atoms with Gasteiger partial charge >= 0.3 is 5.97 Å². The van der Waals surface area contributed by atoms with Crippen molar-refractivity contribution < 1.29 is 19.1 Å². The molecule has 0 aromatic heterocycles. The molecule has 0 unspecified atom stereocenters. The molecule has 4 rings (SSSR count). The van der Waals surface area contributed by atoms with E-state index >= 15 is 0 Å². The number of esters is 1. The topological polar surface area (TPSA) is 52.6 Å². The van der Waals surface area contributed by atoms with Crippen molar-refractivity contribution >= 4 is 22.5 Å². The van der Waals surface area contributed by atoms with E-state index in [0.29, 0.717) is 23.5 Å². The zero-order chi connectivity index (χ0) is 17.4. The molecule has 25 heavy (non-hydrogen) atoms. The van der Waals surface area contributed by atoms with Gasteiger partial charge < -0.3 is 9.47 Å². The number of hydrogen-bond donors (Lipinski definition) is 0. The van der Waals surface area contributed by atoms with E-state index in [2.05, 4.69) is 0 Å². The van der Waals surface area contributed by atoms with Crippen molar-refractivity contribution in [3.63, 3.8) is 0 Å². The van der Waals surface area contributed by atoms with Crippen LogP contribution in [0, 0.1) is 5.92 Å². The standard InChI is InChI=1S/C21H16O4/c1-24-15-9-6-14(7-10-15)20(22)18-12-17-16-5-3-2-4-13(16)8-11-19(17)25-21(18)23/h2-11,18H,12H2,1H3/t18-/m1/s1. The molecule has 0 bridgehead atoms. The number of ketones is 1. The molecule has 1 aliphatic heterocycles. The highest BCUT2D eigenvalue weighted by atomic mass is 16.5. The molecular formula is C21H16O4. The molecular weight excluding hydrogens is 316 g/mol. The van der Waals surface area contributed by atoms with Crippen LogP contribution < -0.4 is 9.47 Å². The highest BCUT2D eigenvalue weighted by Crippen LogP contribution is 2.35. The summed E-state index contributed by atoms with van der Waals surface area (Å²) in [5, 5.41) is 2.08. The van der Waals surface area contributed by atoms with Gasteiger partial charge in [0.25, 0.3) is 0 Å². The summed E-state index contributed by atoms with van der Waals surface area (Å²) in [5.41, 5.74) is 1.39. The molecule has 0 radical (unpaired) electrons. The van der Waals surface area contributed by atoms with Crippen LogP contribution in [-0.2, 0) is 11.2 Å². The summed E-state index contributed by atoms with van der Waals surface area (Å²) in [6, 6.07) is 18.4. The maximum atomic E-state index is 12.8. The van der Waals surface area contributed by atoms with Crippen molar-refractivity contribution in [2.75, 3.05) is 7.11 Å². The van der Waals surface area contributed by atoms with Gasteiger partial charge in [-0.1, -0.05) is 30.3 Å². The van der Waals surface area contributed by atoms with E-state index in [0.717, 1.165) is 16.3 Å². The second-order valence-electron chi connectivity index (χ2n) is 6.03. The smallest absolute Gasteiger partial charge is 0.322 e. The lowest BCUT2D eigenvalue weighted by Gasteiger charge is -2.24. The van der Waals surface area contributed by atoms with Crippen molar-refractivity contribution in [3.8, 4) is 11.5 Å². The molecule has 0 aliphatic carbocycles. The maximum absolute atomic E-state index is 12.8. The van der Waals surface area contributed by atoms with Crippen molar-refractivity contribution in [1.29, 1.82) is 0 Å². The predicted octanol–water partition coefficient (Wildman–Crippen LogP) is 3.81. The van der Waals surface area contributed by atoms with Gasteiger partial charge in [0.1, 0.15) is 17.4 Å². The SMILES string of the molecule is COc1ccc(C(=O)[C@H]2Cc3c(ccc4ccccc34)OC2=O)cc1. The Morgan fingerprint density at radius 3 is 2.56 bits per heavy atom. The molecule has 0 saturated heterocycles. The average molecular weight is 332 g/mol. The Morgan fingerprint density at radius 1 is 1.04 bits per heavy atom. The molecule has 4 heteroatoms. The lowest BCUT2D eigenvalue weighted by Crippen LogP contribution is -2.34. The molecule has 4 nitrogen and oxygen atoms in total. The lowest BCUT2D eigenvalue weighted by atomic mass is 9.87. The number of ether oxygens (including phenoxy) is 2. The number of rotatable bonds is 3. The van der Waals surface area contributed by atoms with Crippen molar-refractivity contribution in [1.82, 2.24) is 0 Å². The van der Waals surface area contributed by atoms with Gasteiger partial charge in [0, 0.05) is 11.1 Å². The van der Waals surface area contributed by atoms with E-state index in [-0.39, 0.29) is 5.78 Å². The highest BCUT2D eigenvalue weighted by molar-refractivity contribution is 6.10. The summed E-state index contributed by atoms with van der Waals surface area (Å²) in [5.74, 6) is -0.344. The van der Waals surface area contributed by atoms with E-state index < -0.39 is 11.9 Å². The molecule has 3 aromatic rings. The fourth-order valence-electron chi connectivity index (χ4n) is 3.25. The Balaban J connectivity index is 1.71. The minimum absolute atomic E-state index is 0.230. The van der Waals surface area contributed by atoms with Crippen LogP contribution in [0.25, 0.3) is 10.8 Å². The molecule has 1 aliphatic rings. The van der Waals surface area contributed by atoms with Gasteiger partial charge in [0.05, 0.1) is 7.11 Å². The van der Waals surface area contributed by atoms with E-state index in [1.807, 2.05) is 30.3 Å². The third-order valence-corrected chi connectivity index (χ3v) is 4.59. The summed E-state index contributed by atoms with van der Waals surface area (Å²) in [4.78, 5) is 25.2. The fraction of sp³-hybridized carbons (Fsp3) is 0.143. The van der Waals surface area contributed by atoms with E-state index in [9.17, 15) is 9.59 Å². The molecule has 0 spiro atoms. The molecule has 0 saturated carbocycles. The first-order valence-electron chi connectivity index (χ1n) is 8.08. The van der Waals surface area contributed by atoms with Crippen LogP contribution >= 0.6 is 0 Å². The molecule has 3 aromatic carbocycles. The van der Waals surface area contributed by atoms with Gasteiger partial charge in [0.15, 0.2) is 5.78 Å². The van der Waals surface area contributed by atoms with E-state index in [1.54, 1.807) is 37.4 Å². The second-order valence-corrected chi connectivity index (χ2v) is 6.03. The summed E-state index contributed by atoms with van der Waals surface area (Å²) < 4.78 is 10.6. The number of carbonyl (C=O) groups excluding carboxylic acids is 2. The molecule has 124 valence electrons. The number of hydrogen-bond acceptors (Lipinski definition) is 4. The zero-order valence-electron chi connectivity index (χ0n) is 13.7. The largest absolute Gasteiger partial charge is 0.497 e. The molecule has 0 amide bonds. The lowest BCUT2D eigenvalue weighted by molar-refractivity contribution is -0.138. The summed E-state index contributed by atoms with van der Waals surface area (Å²) in [6.07, 6.45) is 0.348. The van der Waals surface area contributed by atoms with Crippen molar-refractivity contribution in [2.45, 2.75) is 6.42 Å². The molecule has 0 fully saturated rings. The number of fused-ring (bicyclic) bond motifs is 3. The molecule has 1 atom stereocenters. The van der Waals surface area contributed by atoms with Crippen LogP contribution in [0.5, 0.6) is 11.5 Å². The van der Waals surface area contributed by atoms with Crippen LogP contribution in [0.4, 0.5) is 0 Å². The number of carbonyl (C=O) groups is 2. The summed E-state index contributed by atoms with van der Waals surface area (Å²) >= 11 is 0. The van der Waals surface area contributed by atoms with Gasteiger partial charge in [-0.05, 0) is 47.5 Å². The van der Waals surface area contributed by atoms with Crippen LogP contribution in [0.15, 0.2) is 60.7 Å². The van der Waals surface area contributed by atoms with Crippen LogP contribution in [0.3, 0.4) is 0 Å². The van der Waals surface area contributed by atoms with E-state index in [4.69, 9.17) is 9.47 Å². The molecule has 0 N–H and O–H groups in total. The van der Waals surface area contributed by atoms with Crippen LogP contribution in [-0.4, -0.2) is 18.9 Å². The average Bonchev–Trinajstić information content (AvgIpc) is 2.67. The van der Waals surface area contributed by atoms with E-state index in [1.165, 1.54) is 0 Å². The Labute approximate surface area is 145 Å². The van der Waals surface area contributed by atoms with Gasteiger partial charge in [-0.15, -0.1) is 0 Å². The number of methoxy groups -OCH3 is 1. The first-order valence-corrected chi connectivity index (χ1v) is 8.08.